The second-order valence-corrected chi connectivity index (χ2v) is 12.4. The van der Waals surface area contributed by atoms with Gasteiger partial charge in [-0.3, -0.25) is 0 Å². The fourth-order valence-electron chi connectivity index (χ4n) is 4.08. The fourth-order valence-corrected chi connectivity index (χ4v) is 5.45. The van der Waals surface area contributed by atoms with Crippen molar-refractivity contribution in [1.29, 1.82) is 0 Å². The van der Waals surface area contributed by atoms with Gasteiger partial charge in [-0.05, 0) is 78.9 Å². The van der Waals surface area contributed by atoms with Crippen molar-refractivity contribution in [3.05, 3.63) is 94.8 Å². The summed E-state index contributed by atoms with van der Waals surface area (Å²) in [7, 11) is -2.50. The molecule has 0 spiro atoms. The Labute approximate surface area is 233 Å². The van der Waals surface area contributed by atoms with Gasteiger partial charge in [-0.15, -0.1) is 0 Å². The highest BCUT2D eigenvalue weighted by atomic mass is 35.5. The van der Waals surface area contributed by atoms with Gasteiger partial charge in [-0.1, -0.05) is 48.0 Å². The number of carboxylic acids is 1. The molecule has 10 heteroatoms. The van der Waals surface area contributed by atoms with Crippen LogP contribution in [0.25, 0.3) is 17.2 Å². The minimum absolute atomic E-state index is 0.0520. The van der Waals surface area contributed by atoms with Crippen molar-refractivity contribution < 1.29 is 27.8 Å². The number of aliphatic hydroxyl groups is 1. The van der Waals surface area contributed by atoms with E-state index in [-0.39, 0.29) is 23.0 Å². The zero-order valence-electron chi connectivity index (χ0n) is 21.9. The fraction of sp³-hybridized carbons (Fsp3) is 0.276. The smallest absolute Gasteiger partial charge is 0.328 e. The van der Waals surface area contributed by atoms with Crippen LogP contribution in [-0.2, 0) is 21.2 Å². The SMILES string of the molecule is CN(CC(O)CNC(C)(C)Cc1ccc(Cl)c(F)c1)S(=O)(=O)c1cccc(-c2cccc(C=CC(=O)O)c2)c1. The average molecular weight is 575 g/mol. The molecular weight excluding hydrogens is 543 g/mol. The standard InChI is InChI=1S/C29H32ClFN2O5S/c1-29(2,17-21-10-12-26(30)27(31)15-21)32-18-24(34)19-33(3)39(37,38)25-9-5-8-23(16-25)22-7-4-6-20(14-22)11-13-28(35)36/h4-16,24,32,34H,17-19H2,1-3H3,(H,35,36). The molecule has 0 saturated heterocycles. The Kier molecular flexibility index (Phi) is 10.0. The summed E-state index contributed by atoms with van der Waals surface area (Å²) in [5.74, 6) is -1.56. The van der Waals surface area contributed by atoms with E-state index in [1.165, 1.54) is 31.3 Å². The molecule has 0 heterocycles. The van der Waals surface area contributed by atoms with Gasteiger partial charge in [0.2, 0.25) is 10.0 Å². The van der Waals surface area contributed by atoms with Gasteiger partial charge >= 0.3 is 5.97 Å². The molecule has 39 heavy (non-hydrogen) atoms. The van der Waals surface area contributed by atoms with Crippen molar-refractivity contribution in [3.63, 3.8) is 0 Å². The van der Waals surface area contributed by atoms with Crippen LogP contribution in [0.15, 0.2) is 77.7 Å². The zero-order chi connectivity index (χ0) is 28.8. The van der Waals surface area contributed by atoms with Gasteiger partial charge in [0.05, 0.1) is 16.0 Å². The molecule has 0 amide bonds. The molecule has 3 N–H and O–H groups in total. The first-order chi connectivity index (χ1) is 18.3. The van der Waals surface area contributed by atoms with Crippen LogP contribution < -0.4 is 5.32 Å². The highest BCUT2D eigenvalue weighted by molar-refractivity contribution is 7.89. The normalized spacial score (nSPS) is 13.2. The van der Waals surface area contributed by atoms with Crippen molar-refractivity contribution in [2.45, 2.75) is 36.8 Å². The largest absolute Gasteiger partial charge is 0.478 e. The molecule has 0 radical (unpaired) electrons. The van der Waals surface area contributed by atoms with E-state index in [1.54, 1.807) is 42.5 Å². The first-order valence-corrected chi connectivity index (χ1v) is 14.0. The highest BCUT2D eigenvalue weighted by Crippen LogP contribution is 2.25. The predicted molar refractivity (Wildman–Crippen MR) is 152 cm³/mol. The maximum Gasteiger partial charge on any atom is 0.328 e. The molecule has 0 aliphatic heterocycles. The Morgan fingerprint density at radius 1 is 1.10 bits per heavy atom. The predicted octanol–water partition coefficient (Wildman–Crippen LogP) is 4.84. The maximum absolute atomic E-state index is 13.8. The number of nitrogens with zero attached hydrogens (tertiary/aromatic N) is 1. The van der Waals surface area contributed by atoms with E-state index in [0.29, 0.717) is 17.5 Å². The third-order valence-electron chi connectivity index (χ3n) is 6.09. The van der Waals surface area contributed by atoms with Crippen LogP contribution in [0, 0.1) is 5.82 Å². The number of hydrogen-bond acceptors (Lipinski definition) is 5. The maximum atomic E-state index is 13.8. The van der Waals surface area contributed by atoms with Gasteiger partial charge in [0, 0.05) is 31.8 Å². The lowest BCUT2D eigenvalue weighted by Gasteiger charge is -2.29. The summed E-state index contributed by atoms with van der Waals surface area (Å²) in [6.45, 7) is 3.80. The Bertz CT molecular complexity index is 1460. The molecule has 1 unspecified atom stereocenters. The van der Waals surface area contributed by atoms with Crippen molar-refractivity contribution in [2.75, 3.05) is 20.1 Å². The summed E-state index contributed by atoms with van der Waals surface area (Å²) in [5, 5.41) is 22.7. The van der Waals surface area contributed by atoms with Gasteiger partial charge in [-0.2, -0.15) is 4.31 Å². The molecular formula is C29H32ClFN2O5S. The van der Waals surface area contributed by atoms with E-state index >= 15 is 0 Å². The Balaban J connectivity index is 1.65. The number of likely N-dealkylation sites (N-methyl/N-ethyl adjacent to an activating group) is 1. The molecule has 0 aliphatic carbocycles. The molecule has 0 aliphatic rings. The molecule has 208 valence electrons. The van der Waals surface area contributed by atoms with Gasteiger partial charge in [0.1, 0.15) is 5.82 Å². The van der Waals surface area contributed by atoms with Crippen LogP contribution in [0.4, 0.5) is 4.39 Å². The summed E-state index contributed by atoms with van der Waals surface area (Å²) < 4.78 is 41.4. The minimum atomic E-state index is -3.91. The Morgan fingerprint density at radius 3 is 2.44 bits per heavy atom. The number of aliphatic hydroxyl groups excluding tert-OH is 1. The first-order valence-electron chi connectivity index (χ1n) is 12.2. The number of β-amino-alcohol motifs (C(OH)–C–C–N with tert-alkyl or cyclic N) is 1. The summed E-state index contributed by atoms with van der Waals surface area (Å²) in [5.41, 5.74) is 2.29. The highest BCUT2D eigenvalue weighted by Gasteiger charge is 2.25. The molecule has 1 atom stereocenters. The summed E-state index contributed by atoms with van der Waals surface area (Å²) in [6.07, 6.45) is 1.98. The zero-order valence-corrected chi connectivity index (χ0v) is 23.5. The van der Waals surface area contributed by atoms with E-state index < -0.39 is 33.5 Å². The summed E-state index contributed by atoms with van der Waals surface area (Å²) >= 11 is 5.75. The van der Waals surface area contributed by atoms with E-state index in [2.05, 4.69) is 5.32 Å². The monoisotopic (exact) mass is 574 g/mol. The second-order valence-electron chi connectivity index (χ2n) is 9.95. The lowest BCUT2D eigenvalue weighted by Crippen LogP contribution is -2.47. The van der Waals surface area contributed by atoms with E-state index in [1.807, 2.05) is 19.9 Å². The van der Waals surface area contributed by atoms with Gasteiger partial charge in [0.25, 0.3) is 0 Å². The van der Waals surface area contributed by atoms with Crippen LogP contribution >= 0.6 is 11.6 Å². The molecule has 3 rings (SSSR count). The Morgan fingerprint density at radius 2 is 1.77 bits per heavy atom. The lowest BCUT2D eigenvalue weighted by atomic mass is 9.94. The third-order valence-corrected chi connectivity index (χ3v) is 8.22. The van der Waals surface area contributed by atoms with Crippen LogP contribution in [0.2, 0.25) is 5.02 Å². The van der Waals surface area contributed by atoms with Crippen molar-refractivity contribution in [3.8, 4) is 11.1 Å². The second kappa shape index (κ2) is 12.8. The number of rotatable bonds is 12. The van der Waals surface area contributed by atoms with Crippen LogP contribution in [0.5, 0.6) is 0 Å². The minimum Gasteiger partial charge on any atom is -0.478 e. The Hall–Kier alpha value is -3.08. The number of halogens is 2. The van der Waals surface area contributed by atoms with Gasteiger partial charge in [-0.25, -0.2) is 17.6 Å². The lowest BCUT2D eigenvalue weighted by molar-refractivity contribution is -0.131. The summed E-state index contributed by atoms with van der Waals surface area (Å²) in [6, 6.07) is 18.1. The number of aliphatic carboxylic acids is 1. The number of benzene rings is 3. The molecule has 0 aromatic heterocycles. The van der Waals surface area contributed by atoms with E-state index in [0.717, 1.165) is 21.5 Å². The van der Waals surface area contributed by atoms with Crippen LogP contribution in [0.3, 0.4) is 0 Å². The molecule has 0 fully saturated rings. The first kappa shape index (κ1) is 30.5. The number of carboxylic acid groups (broad SMARTS) is 1. The molecule has 3 aromatic rings. The molecule has 3 aromatic carbocycles. The van der Waals surface area contributed by atoms with Crippen molar-refractivity contribution in [2.24, 2.45) is 0 Å². The van der Waals surface area contributed by atoms with Gasteiger partial charge < -0.3 is 15.5 Å². The third kappa shape index (κ3) is 8.71. The van der Waals surface area contributed by atoms with E-state index in [4.69, 9.17) is 16.7 Å². The van der Waals surface area contributed by atoms with Crippen molar-refractivity contribution >= 4 is 33.7 Å². The van der Waals surface area contributed by atoms with Gasteiger partial charge in [0.15, 0.2) is 0 Å². The number of carbonyl (C=O) groups is 1. The molecule has 7 nitrogen and oxygen atoms in total. The quantitative estimate of drug-likeness (QED) is 0.267. The number of sulfonamides is 1. The van der Waals surface area contributed by atoms with E-state index in [9.17, 15) is 22.7 Å². The molecule has 0 bridgehead atoms. The van der Waals surface area contributed by atoms with Crippen LogP contribution in [0.1, 0.15) is 25.0 Å². The number of nitrogens with one attached hydrogen (secondary N) is 1. The number of hydrogen-bond donors (Lipinski definition) is 3. The average Bonchev–Trinajstić information content (AvgIpc) is 2.88. The van der Waals surface area contributed by atoms with Crippen molar-refractivity contribution in [1.82, 2.24) is 9.62 Å². The topological polar surface area (TPSA) is 107 Å². The molecule has 0 saturated carbocycles. The summed E-state index contributed by atoms with van der Waals surface area (Å²) in [4.78, 5) is 10.9. The van der Waals surface area contributed by atoms with Crippen LogP contribution in [-0.4, -0.2) is 60.7 Å².